The van der Waals surface area contributed by atoms with Crippen LogP contribution in [-0.2, 0) is 9.59 Å². The highest BCUT2D eigenvalue weighted by Crippen LogP contribution is 2.23. The van der Waals surface area contributed by atoms with Crippen LogP contribution in [0.15, 0.2) is 0 Å². The summed E-state index contributed by atoms with van der Waals surface area (Å²) in [4.78, 5) is 26.6. The Labute approximate surface area is 127 Å². The lowest BCUT2D eigenvalue weighted by Gasteiger charge is -2.44. The summed E-state index contributed by atoms with van der Waals surface area (Å²) in [5.41, 5.74) is -0.720. The molecule has 5 heteroatoms. The molecule has 0 bridgehead atoms. The third-order valence-corrected chi connectivity index (χ3v) is 4.85. The van der Waals surface area contributed by atoms with E-state index in [9.17, 15) is 9.59 Å². The van der Waals surface area contributed by atoms with Crippen LogP contribution in [0.3, 0.4) is 0 Å². The van der Waals surface area contributed by atoms with Gasteiger partial charge in [0, 0.05) is 6.54 Å². The fourth-order valence-electron chi connectivity index (χ4n) is 2.62. The zero-order valence-electron chi connectivity index (χ0n) is 13.2. The van der Waals surface area contributed by atoms with E-state index in [1.165, 1.54) is 6.42 Å². The largest absolute Gasteiger partial charge is 0.340 e. The highest BCUT2D eigenvalue weighted by molar-refractivity contribution is 7.98. The number of hydrogen-bond donors (Lipinski definition) is 1. The van der Waals surface area contributed by atoms with Gasteiger partial charge in [0.25, 0.3) is 0 Å². The van der Waals surface area contributed by atoms with Crippen molar-refractivity contribution < 1.29 is 9.59 Å². The molecule has 2 amide bonds. The van der Waals surface area contributed by atoms with Crippen molar-refractivity contribution in [1.29, 1.82) is 0 Å². The van der Waals surface area contributed by atoms with Crippen molar-refractivity contribution in [3.63, 3.8) is 0 Å². The van der Waals surface area contributed by atoms with Gasteiger partial charge in [-0.2, -0.15) is 11.8 Å². The van der Waals surface area contributed by atoms with E-state index in [1.807, 2.05) is 32.5 Å². The number of carbonyl (C=O) groups excluding carboxylic acids is 2. The highest BCUT2D eigenvalue weighted by Gasteiger charge is 2.45. The number of thioether (sulfide) groups is 1. The normalized spacial score (nSPS) is 26.8. The van der Waals surface area contributed by atoms with E-state index in [2.05, 4.69) is 11.6 Å². The predicted molar refractivity (Wildman–Crippen MR) is 84.9 cm³/mol. The van der Waals surface area contributed by atoms with E-state index in [4.69, 9.17) is 0 Å². The van der Waals surface area contributed by atoms with Gasteiger partial charge in [0.1, 0.15) is 11.6 Å². The number of nitrogens with one attached hydrogen (secondary N) is 1. The molecule has 0 aliphatic carbocycles. The summed E-state index contributed by atoms with van der Waals surface area (Å²) in [5, 5.41) is 2.90. The van der Waals surface area contributed by atoms with Crippen molar-refractivity contribution in [3.05, 3.63) is 0 Å². The topological polar surface area (TPSA) is 49.4 Å². The van der Waals surface area contributed by atoms with Crippen LogP contribution < -0.4 is 5.32 Å². The van der Waals surface area contributed by atoms with E-state index in [1.54, 1.807) is 4.90 Å². The number of nitrogens with zero attached hydrogens (tertiary/aromatic N) is 1. The molecule has 1 heterocycles. The molecular weight excluding hydrogens is 272 g/mol. The minimum atomic E-state index is -0.720. The lowest BCUT2D eigenvalue weighted by molar-refractivity contribution is -0.154. The molecule has 0 aromatic carbocycles. The maximum atomic E-state index is 12.6. The molecule has 0 aromatic rings. The first kappa shape index (κ1) is 17.3. The zero-order chi connectivity index (χ0) is 15.2. The Morgan fingerprint density at radius 1 is 1.25 bits per heavy atom. The summed E-state index contributed by atoms with van der Waals surface area (Å²) in [6.07, 6.45) is 6.70. The molecule has 1 aliphatic rings. The van der Waals surface area contributed by atoms with Gasteiger partial charge in [0.05, 0.1) is 0 Å². The Balaban J connectivity index is 2.66. The third kappa shape index (κ3) is 3.90. The van der Waals surface area contributed by atoms with Gasteiger partial charge < -0.3 is 10.2 Å². The minimum absolute atomic E-state index is 0.000522. The lowest BCUT2D eigenvalue weighted by Crippen LogP contribution is -2.68. The van der Waals surface area contributed by atoms with Crippen LogP contribution in [0.5, 0.6) is 0 Å². The summed E-state index contributed by atoms with van der Waals surface area (Å²) in [6.45, 7) is 6.45. The molecule has 20 heavy (non-hydrogen) atoms. The molecule has 0 saturated carbocycles. The van der Waals surface area contributed by atoms with Crippen molar-refractivity contribution in [2.45, 2.75) is 64.5 Å². The Bertz CT molecular complexity index is 349. The van der Waals surface area contributed by atoms with E-state index in [-0.39, 0.29) is 17.9 Å². The smallest absolute Gasteiger partial charge is 0.248 e. The molecule has 1 saturated heterocycles. The quantitative estimate of drug-likeness (QED) is 0.700. The molecule has 0 aromatic heterocycles. The fraction of sp³-hybridized carbons (Fsp3) is 0.867. The average molecular weight is 300 g/mol. The number of amides is 2. The Morgan fingerprint density at radius 3 is 2.50 bits per heavy atom. The zero-order valence-corrected chi connectivity index (χ0v) is 14.0. The SMILES string of the molecule is CCC1C(=O)NC(C)(CC)C(=O)N1CCCCCSC. The van der Waals surface area contributed by atoms with Gasteiger partial charge in [0.2, 0.25) is 11.8 Å². The molecule has 2 unspecified atom stereocenters. The summed E-state index contributed by atoms with van der Waals surface area (Å²) in [7, 11) is 0. The average Bonchev–Trinajstić information content (AvgIpc) is 2.43. The van der Waals surface area contributed by atoms with Gasteiger partial charge in [-0.25, -0.2) is 0 Å². The molecule has 0 spiro atoms. The maximum absolute atomic E-state index is 12.6. The number of hydrogen-bond acceptors (Lipinski definition) is 3. The summed E-state index contributed by atoms with van der Waals surface area (Å²) < 4.78 is 0. The van der Waals surface area contributed by atoms with Gasteiger partial charge in [-0.3, -0.25) is 9.59 Å². The number of rotatable bonds is 8. The second-order valence-electron chi connectivity index (χ2n) is 5.65. The van der Waals surface area contributed by atoms with Crippen LogP contribution in [0.2, 0.25) is 0 Å². The summed E-state index contributed by atoms with van der Waals surface area (Å²) >= 11 is 1.85. The standard InChI is InChI=1S/C15H28N2O2S/c1-5-12-13(18)16-15(3,6-2)14(19)17(12)10-8-7-9-11-20-4/h12H,5-11H2,1-4H3,(H,16,18). The number of carbonyl (C=O) groups is 2. The molecule has 116 valence electrons. The lowest BCUT2D eigenvalue weighted by atomic mass is 9.91. The highest BCUT2D eigenvalue weighted by atomic mass is 32.2. The van der Waals surface area contributed by atoms with E-state index >= 15 is 0 Å². The minimum Gasteiger partial charge on any atom is -0.340 e. The third-order valence-electron chi connectivity index (χ3n) is 4.15. The summed E-state index contributed by atoms with van der Waals surface area (Å²) in [5.74, 6) is 1.25. The van der Waals surface area contributed by atoms with Crippen molar-refractivity contribution in [2.75, 3.05) is 18.6 Å². The van der Waals surface area contributed by atoms with E-state index in [0.29, 0.717) is 19.4 Å². The van der Waals surface area contributed by atoms with Crippen molar-refractivity contribution in [2.24, 2.45) is 0 Å². The van der Waals surface area contributed by atoms with Crippen LogP contribution in [0, 0.1) is 0 Å². The first-order chi connectivity index (χ1) is 9.50. The monoisotopic (exact) mass is 300 g/mol. The number of piperazine rings is 1. The Kier molecular flexibility index (Phi) is 6.86. The van der Waals surface area contributed by atoms with Crippen molar-refractivity contribution in [1.82, 2.24) is 10.2 Å². The van der Waals surface area contributed by atoms with Crippen LogP contribution in [0.25, 0.3) is 0 Å². The predicted octanol–water partition coefficient (Wildman–Crippen LogP) is 2.43. The molecule has 4 nitrogen and oxygen atoms in total. The Hall–Kier alpha value is -0.710. The molecule has 1 fully saturated rings. The fourth-order valence-corrected chi connectivity index (χ4v) is 3.11. The number of unbranched alkanes of at least 4 members (excludes halogenated alkanes) is 2. The van der Waals surface area contributed by atoms with Crippen LogP contribution >= 0.6 is 11.8 Å². The molecule has 1 aliphatic heterocycles. The first-order valence-corrected chi connectivity index (χ1v) is 9.01. The van der Waals surface area contributed by atoms with Crippen LogP contribution in [-0.4, -0.2) is 46.8 Å². The van der Waals surface area contributed by atoms with Gasteiger partial charge in [-0.15, -0.1) is 0 Å². The van der Waals surface area contributed by atoms with Crippen LogP contribution in [0.4, 0.5) is 0 Å². The van der Waals surface area contributed by atoms with E-state index < -0.39 is 5.54 Å². The van der Waals surface area contributed by atoms with Crippen LogP contribution in [0.1, 0.15) is 52.9 Å². The van der Waals surface area contributed by atoms with Gasteiger partial charge in [-0.05, 0) is 44.6 Å². The van der Waals surface area contributed by atoms with Gasteiger partial charge in [0.15, 0.2) is 0 Å². The Morgan fingerprint density at radius 2 is 1.95 bits per heavy atom. The van der Waals surface area contributed by atoms with Crippen molar-refractivity contribution in [3.8, 4) is 0 Å². The molecule has 0 radical (unpaired) electrons. The second-order valence-corrected chi connectivity index (χ2v) is 6.64. The van der Waals surface area contributed by atoms with Crippen molar-refractivity contribution >= 4 is 23.6 Å². The molecule has 1 N–H and O–H groups in total. The molecule has 2 atom stereocenters. The van der Waals surface area contributed by atoms with E-state index in [0.717, 1.165) is 18.6 Å². The summed E-state index contributed by atoms with van der Waals surface area (Å²) in [6, 6.07) is -0.289. The first-order valence-electron chi connectivity index (χ1n) is 7.62. The second kappa shape index (κ2) is 7.91. The van der Waals surface area contributed by atoms with Gasteiger partial charge in [-0.1, -0.05) is 20.3 Å². The maximum Gasteiger partial charge on any atom is 0.248 e. The van der Waals surface area contributed by atoms with Gasteiger partial charge >= 0.3 is 0 Å². The molecular formula is C15H28N2O2S. The molecule has 1 rings (SSSR count).